The van der Waals surface area contributed by atoms with Crippen LogP contribution in [-0.2, 0) is 11.3 Å². The molecule has 0 aromatic carbocycles. The minimum atomic E-state index is 0.369. The van der Waals surface area contributed by atoms with E-state index < -0.39 is 0 Å². The first-order valence-electron chi connectivity index (χ1n) is 8.97. The van der Waals surface area contributed by atoms with Crippen LogP contribution in [0.2, 0.25) is 0 Å². The van der Waals surface area contributed by atoms with Gasteiger partial charge in [-0.15, -0.1) is 0 Å². The summed E-state index contributed by atoms with van der Waals surface area (Å²) in [5.74, 6) is 1.55. The second-order valence-corrected chi connectivity index (χ2v) is 7.60. The van der Waals surface area contributed by atoms with Gasteiger partial charge in [0.1, 0.15) is 0 Å². The summed E-state index contributed by atoms with van der Waals surface area (Å²) < 4.78 is 0. The Morgan fingerprint density at radius 3 is 2.87 bits per heavy atom. The molecule has 0 N–H and O–H groups in total. The van der Waals surface area contributed by atoms with E-state index in [1.807, 2.05) is 13.0 Å². The molecule has 4 heteroatoms. The molecule has 1 aromatic heterocycles. The highest BCUT2D eigenvalue weighted by molar-refractivity contribution is 5.77. The predicted octanol–water partition coefficient (Wildman–Crippen LogP) is 2.86. The first kappa shape index (κ1) is 16.4. The maximum absolute atomic E-state index is 12.3. The van der Waals surface area contributed by atoms with Crippen LogP contribution >= 0.6 is 0 Å². The van der Waals surface area contributed by atoms with Gasteiger partial charge in [-0.05, 0) is 43.7 Å². The van der Waals surface area contributed by atoms with Crippen molar-refractivity contribution < 1.29 is 4.79 Å². The summed E-state index contributed by atoms with van der Waals surface area (Å²) in [6, 6.07) is 6.72. The maximum atomic E-state index is 12.3. The number of piperidine rings is 2. The van der Waals surface area contributed by atoms with Crippen LogP contribution in [-0.4, -0.2) is 46.4 Å². The molecular formula is C19H29N3O. The molecule has 2 aliphatic rings. The SMILES string of the molecule is Cc1cccc(CN2CCC3C(CCC(=O)N3CC(C)C)C2)n1. The molecule has 3 rings (SSSR count). The third-order valence-corrected chi connectivity index (χ3v) is 5.12. The van der Waals surface area contributed by atoms with Crippen LogP contribution in [0.3, 0.4) is 0 Å². The van der Waals surface area contributed by atoms with Gasteiger partial charge in [0.25, 0.3) is 0 Å². The normalized spacial score (nSPS) is 25.7. The lowest BCUT2D eigenvalue weighted by molar-refractivity contribution is -0.142. The van der Waals surface area contributed by atoms with E-state index >= 15 is 0 Å². The van der Waals surface area contributed by atoms with Gasteiger partial charge in [0.15, 0.2) is 0 Å². The maximum Gasteiger partial charge on any atom is 0.222 e. The van der Waals surface area contributed by atoms with Crippen molar-refractivity contribution in [1.29, 1.82) is 0 Å². The van der Waals surface area contributed by atoms with Crippen molar-refractivity contribution in [2.45, 2.75) is 52.6 Å². The average molecular weight is 315 g/mol. The Morgan fingerprint density at radius 2 is 2.13 bits per heavy atom. The Morgan fingerprint density at radius 1 is 1.30 bits per heavy atom. The third-order valence-electron chi connectivity index (χ3n) is 5.12. The summed E-state index contributed by atoms with van der Waals surface area (Å²) >= 11 is 0. The molecule has 2 atom stereocenters. The van der Waals surface area contributed by atoms with Crippen molar-refractivity contribution in [3.05, 3.63) is 29.6 Å². The topological polar surface area (TPSA) is 36.4 Å². The molecule has 2 aliphatic heterocycles. The number of hydrogen-bond donors (Lipinski definition) is 0. The van der Waals surface area contributed by atoms with Crippen LogP contribution < -0.4 is 0 Å². The van der Waals surface area contributed by atoms with Crippen LogP contribution in [0, 0.1) is 18.8 Å². The minimum Gasteiger partial charge on any atom is -0.339 e. The number of aryl methyl sites for hydroxylation is 1. The van der Waals surface area contributed by atoms with Gasteiger partial charge in [0.2, 0.25) is 5.91 Å². The molecule has 0 saturated carbocycles. The molecule has 0 bridgehead atoms. The van der Waals surface area contributed by atoms with Gasteiger partial charge in [-0.3, -0.25) is 14.7 Å². The third kappa shape index (κ3) is 3.92. The molecule has 126 valence electrons. The highest BCUT2D eigenvalue weighted by atomic mass is 16.2. The second-order valence-electron chi connectivity index (χ2n) is 7.60. The van der Waals surface area contributed by atoms with Gasteiger partial charge in [0, 0.05) is 44.3 Å². The summed E-state index contributed by atoms with van der Waals surface area (Å²) in [4.78, 5) is 21.6. The van der Waals surface area contributed by atoms with Crippen LogP contribution in [0.15, 0.2) is 18.2 Å². The lowest BCUT2D eigenvalue weighted by atomic mass is 9.83. The number of carbonyl (C=O) groups is 1. The first-order valence-corrected chi connectivity index (χ1v) is 8.97. The molecule has 1 amide bonds. The van der Waals surface area contributed by atoms with Gasteiger partial charge < -0.3 is 4.90 Å². The molecule has 2 saturated heterocycles. The number of pyridine rings is 1. The zero-order valence-corrected chi connectivity index (χ0v) is 14.7. The van der Waals surface area contributed by atoms with Crippen molar-refractivity contribution in [1.82, 2.24) is 14.8 Å². The van der Waals surface area contributed by atoms with E-state index in [-0.39, 0.29) is 0 Å². The molecule has 23 heavy (non-hydrogen) atoms. The van der Waals surface area contributed by atoms with Gasteiger partial charge in [-0.1, -0.05) is 19.9 Å². The van der Waals surface area contributed by atoms with Crippen molar-refractivity contribution in [2.24, 2.45) is 11.8 Å². The van der Waals surface area contributed by atoms with Crippen molar-refractivity contribution in [3.8, 4) is 0 Å². The number of carbonyl (C=O) groups excluding carboxylic acids is 1. The van der Waals surface area contributed by atoms with E-state index in [1.165, 1.54) is 0 Å². The van der Waals surface area contributed by atoms with Crippen LogP contribution in [0.5, 0.6) is 0 Å². The number of nitrogens with zero attached hydrogens (tertiary/aromatic N) is 3. The molecule has 1 aromatic rings. The zero-order chi connectivity index (χ0) is 16.4. The quantitative estimate of drug-likeness (QED) is 0.857. The molecule has 3 heterocycles. The zero-order valence-electron chi connectivity index (χ0n) is 14.7. The first-order chi connectivity index (χ1) is 11.0. The monoisotopic (exact) mass is 315 g/mol. The highest BCUT2D eigenvalue weighted by Crippen LogP contribution is 2.32. The van der Waals surface area contributed by atoms with Gasteiger partial charge in [-0.2, -0.15) is 0 Å². The predicted molar refractivity (Wildman–Crippen MR) is 91.9 cm³/mol. The van der Waals surface area contributed by atoms with Gasteiger partial charge in [-0.25, -0.2) is 0 Å². The Hall–Kier alpha value is -1.42. The molecular weight excluding hydrogens is 286 g/mol. The van der Waals surface area contributed by atoms with Crippen LogP contribution in [0.4, 0.5) is 0 Å². The standard InChI is InChI=1S/C19H29N3O/c1-14(2)11-22-18-9-10-21(12-16(18)7-8-19(22)23)13-17-6-4-5-15(3)20-17/h4-6,14,16,18H,7-13H2,1-3H3. The summed E-state index contributed by atoms with van der Waals surface area (Å²) in [6.45, 7) is 10.5. The Balaban J connectivity index is 1.63. The Bertz CT molecular complexity index is 557. The van der Waals surface area contributed by atoms with E-state index in [9.17, 15) is 4.79 Å². The number of rotatable bonds is 4. The molecule has 4 nitrogen and oxygen atoms in total. The average Bonchev–Trinajstić information content (AvgIpc) is 2.50. The molecule has 2 unspecified atom stereocenters. The van der Waals surface area contributed by atoms with E-state index in [0.29, 0.717) is 23.8 Å². The fourth-order valence-corrected chi connectivity index (χ4v) is 4.12. The van der Waals surface area contributed by atoms with Gasteiger partial charge in [0.05, 0.1) is 5.69 Å². The van der Waals surface area contributed by atoms with E-state index in [4.69, 9.17) is 0 Å². The second kappa shape index (κ2) is 7.00. The van der Waals surface area contributed by atoms with Crippen molar-refractivity contribution in [3.63, 3.8) is 0 Å². The molecule has 0 spiro atoms. The van der Waals surface area contributed by atoms with E-state index in [2.05, 4.69) is 40.8 Å². The largest absolute Gasteiger partial charge is 0.339 e. The number of likely N-dealkylation sites (tertiary alicyclic amines) is 2. The Labute approximate surface area is 139 Å². The minimum absolute atomic E-state index is 0.369. The van der Waals surface area contributed by atoms with Gasteiger partial charge >= 0.3 is 0 Å². The van der Waals surface area contributed by atoms with E-state index in [1.54, 1.807) is 0 Å². The fraction of sp³-hybridized carbons (Fsp3) is 0.684. The highest BCUT2D eigenvalue weighted by Gasteiger charge is 2.39. The summed E-state index contributed by atoms with van der Waals surface area (Å²) in [5, 5.41) is 0. The molecule has 0 aliphatic carbocycles. The van der Waals surface area contributed by atoms with Crippen LogP contribution in [0.25, 0.3) is 0 Å². The van der Waals surface area contributed by atoms with E-state index in [0.717, 1.165) is 56.8 Å². The van der Waals surface area contributed by atoms with Crippen molar-refractivity contribution >= 4 is 5.91 Å². The smallest absolute Gasteiger partial charge is 0.222 e. The van der Waals surface area contributed by atoms with Crippen LogP contribution in [0.1, 0.15) is 44.5 Å². The summed E-state index contributed by atoms with van der Waals surface area (Å²) in [7, 11) is 0. The lowest BCUT2D eigenvalue weighted by Crippen LogP contribution is -2.56. The lowest BCUT2D eigenvalue weighted by Gasteiger charge is -2.47. The summed E-state index contributed by atoms with van der Waals surface area (Å²) in [6.07, 6.45) is 2.88. The fourth-order valence-electron chi connectivity index (χ4n) is 4.12. The Kier molecular flexibility index (Phi) is 5.00. The molecule has 0 radical (unpaired) electrons. The number of aromatic nitrogens is 1. The number of amides is 1. The number of fused-ring (bicyclic) bond motifs is 1. The summed E-state index contributed by atoms with van der Waals surface area (Å²) in [5.41, 5.74) is 2.25. The van der Waals surface area contributed by atoms with Crippen molar-refractivity contribution in [2.75, 3.05) is 19.6 Å². The number of hydrogen-bond acceptors (Lipinski definition) is 3. The molecule has 2 fully saturated rings.